The second kappa shape index (κ2) is 5.66. The van der Waals surface area contributed by atoms with Gasteiger partial charge in [0.15, 0.2) is 0 Å². The molecule has 0 aromatic heterocycles. The summed E-state index contributed by atoms with van der Waals surface area (Å²) in [5, 5.41) is 0. The van der Waals surface area contributed by atoms with Gasteiger partial charge in [-0.3, -0.25) is 4.21 Å². The first-order valence-corrected chi connectivity index (χ1v) is 7.61. The van der Waals surface area contributed by atoms with Crippen LogP contribution in [-0.4, -0.2) is 9.96 Å². The highest BCUT2D eigenvalue weighted by Gasteiger charge is 2.11. The van der Waals surface area contributed by atoms with Crippen molar-refractivity contribution in [3.63, 3.8) is 0 Å². The van der Waals surface area contributed by atoms with Crippen LogP contribution in [0, 0.1) is 19.7 Å². The summed E-state index contributed by atoms with van der Waals surface area (Å²) in [7, 11) is -1.02. The van der Waals surface area contributed by atoms with E-state index in [4.69, 9.17) is 0 Å². The van der Waals surface area contributed by atoms with Crippen LogP contribution in [0.4, 0.5) is 4.39 Å². The summed E-state index contributed by atoms with van der Waals surface area (Å²) in [4.78, 5) is 0.754. The molecule has 0 saturated carbocycles. The summed E-state index contributed by atoms with van der Waals surface area (Å²) in [6.07, 6.45) is 0. The lowest BCUT2D eigenvalue weighted by Crippen LogP contribution is -1.97. The van der Waals surface area contributed by atoms with Crippen LogP contribution in [0.5, 0.6) is 0 Å². The van der Waals surface area contributed by atoms with Gasteiger partial charge in [0.2, 0.25) is 0 Å². The van der Waals surface area contributed by atoms with Gasteiger partial charge in [-0.15, -0.1) is 0 Å². The van der Waals surface area contributed by atoms with Crippen LogP contribution in [-0.2, 0) is 10.8 Å². The third-order valence-corrected chi connectivity index (χ3v) is 4.52. The van der Waals surface area contributed by atoms with E-state index in [1.807, 2.05) is 38.1 Å². The van der Waals surface area contributed by atoms with Crippen molar-refractivity contribution in [2.24, 2.45) is 0 Å². The van der Waals surface area contributed by atoms with Gasteiger partial charge in [-0.1, -0.05) is 31.2 Å². The van der Waals surface area contributed by atoms with E-state index in [2.05, 4.69) is 0 Å². The molecule has 2 aromatic carbocycles. The molecule has 19 heavy (non-hydrogen) atoms. The highest BCUT2D eigenvalue weighted by atomic mass is 32.2. The monoisotopic (exact) mass is 276 g/mol. The minimum atomic E-state index is -1.02. The maximum Gasteiger partial charge on any atom is 0.133 e. The van der Waals surface area contributed by atoms with Crippen LogP contribution in [0.1, 0.15) is 18.1 Å². The summed E-state index contributed by atoms with van der Waals surface area (Å²) < 4.78 is 26.1. The Morgan fingerprint density at radius 2 is 1.79 bits per heavy atom. The van der Waals surface area contributed by atoms with E-state index < -0.39 is 10.8 Å². The highest BCUT2D eigenvalue weighted by Crippen LogP contribution is 2.29. The predicted molar refractivity (Wildman–Crippen MR) is 78.3 cm³/mol. The molecule has 100 valence electrons. The minimum absolute atomic E-state index is 0.204. The maximum absolute atomic E-state index is 14.2. The average molecular weight is 276 g/mol. The van der Waals surface area contributed by atoms with Gasteiger partial charge in [0, 0.05) is 16.2 Å². The van der Waals surface area contributed by atoms with E-state index in [9.17, 15) is 8.60 Å². The molecule has 0 aliphatic rings. The zero-order chi connectivity index (χ0) is 14.0. The Kier molecular flexibility index (Phi) is 4.15. The van der Waals surface area contributed by atoms with Gasteiger partial charge in [-0.05, 0) is 42.7 Å². The minimum Gasteiger partial charge on any atom is -0.254 e. The molecule has 0 bridgehead atoms. The maximum atomic E-state index is 14.2. The molecule has 1 nitrogen and oxygen atoms in total. The lowest BCUT2D eigenvalue weighted by Gasteiger charge is -2.11. The number of halogens is 1. The highest BCUT2D eigenvalue weighted by molar-refractivity contribution is 7.85. The van der Waals surface area contributed by atoms with Crippen molar-refractivity contribution in [1.29, 1.82) is 0 Å². The Hall–Kier alpha value is -1.48. The van der Waals surface area contributed by atoms with Crippen molar-refractivity contribution in [2.75, 3.05) is 5.75 Å². The van der Waals surface area contributed by atoms with Crippen molar-refractivity contribution in [2.45, 2.75) is 25.7 Å². The predicted octanol–water partition coefficient (Wildman–Crippen LogP) is 4.24. The van der Waals surface area contributed by atoms with Crippen molar-refractivity contribution in [3.8, 4) is 11.1 Å². The Morgan fingerprint density at radius 3 is 2.47 bits per heavy atom. The Bertz CT molecular complexity index is 635. The molecule has 0 amide bonds. The Labute approximate surface area is 115 Å². The molecule has 0 saturated heterocycles. The normalized spacial score (nSPS) is 12.4. The van der Waals surface area contributed by atoms with E-state index in [-0.39, 0.29) is 5.82 Å². The van der Waals surface area contributed by atoms with Gasteiger partial charge in [0.25, 0.3) is 0 Å². The van der Waals surface area contributed by atoms with E-state index in [0.29, 0.717) is 16.9 Å². The van der Waals surface area contributed by atoms with Crippen LogP contribution in [0.3, 0.4) is 0 Å². The first-order valence-electron chi connectivity index (χ1n) is 6.29. The van der Waals surface area contributed by atoms with Crippen LogP contribution in [0.2, 0.25) is 0 Å². The number of benzene rings is 2. The summed E-state index contributed by atoms with van der Waals surface area (Å²) >= 11 is 0. The number of hydrogen-bond acceptors (Lipinski definition) is 1. The smallest absolute Gasteiger partial charge is 0.133 e. The second-order valence-electron chi connectivity index (χ2n) is 4.55. The first kappa shape index (κ1) is 13.9. The molecule has 1 atom stereocenters. The summed E-state index contributed by atoms with van der Waals surface area (Å²) in [5.41, 5.74) is 3.01. The molecule has 0 N–H and O–H groups in total. The van der Waals surface area contributed by atoms with Gasteiger partial charge in [0.05, 0.1) is 10.8 Å². The SMILES string of the molecule is CCS(=O)c1ccc(C)c(-c2cccc(C)c2F)c1. The second-order valence-corrected chi connectivity index (χ2v) is 6.29. The standard InChI is InChI=1S/C16H17FOS/c1-4-19(18)13-9-8-11(2)15(10-13)14-7-5-6-12(3)16(14)17/h5-10H,4H2,1-3H3. The number of rotatable bonds is 3. The van der Waals surface area contributed by atoms with E-state index in [0.717, 1.165) is 16.0 Å². The Balaban J connectivity index is 2.61. The molecule has 0 aliphatic carbocycles. The first-order chi connectivity index (χ1) is 9.04. The van der Waals surface area contributed by atoms with E-state index >= 15 is 0 Å². The third kappa shape index (κ3) is 2.76. The van der Waals surface area contributed by atoms with Gasteiger partial charge in [-0.2, -0.15) is 0 Å². The van der Waals surface area contributed by atoms with E-state index in [1.54, 1.807) is 19.1 Å². The molecule has 3 heteroatoms. The fourth-order valence-electron chi connectivity index (χ4n) is 2.06. The summed E-state index contributed by atoms with van der Waals surface area (Å²) in [5.74, 6) is 0.365. The number of aryl methyl sites for hydroxylation is 2. The van der Waals surface area contributed by atoms with Gasteiger partial charge in [-0.25, -0.2) is 4.39 Å². The molecule has 0 aliphatic heterocycles. The van der Waals surface area contributed by atoms with Gasteiger partial charge in [0.1, 0.15) is 5.82 Å². The van der Waals surface area contributed by atoms with Crippen molar-refractivity contribution >= 4 is 10.8 Å². The average Bonchev–Trinajstić information content (AvgIpc) is 2.42. The zero-order valence-electron chi connectivity index (χ0n) is 11.4. The lowest BCUT2D eigenvalue weighted by molar-refractivity contribution is 0.622. The van der Waals surface area contributed by atoms with Crippen molar-refractivity contribution in [3.05, 3.63) is 53.3 Å². The molecular formula is C16H17FOS. The van der Waals surface area contributed by atoms with Crippen LogP contribution < -0.4 is 0 Å². The molecule has 0 fully saturated rings. The Morgan fingerprint density at radius 1 is 1.05 bits per heavy atom. The number of hydrogen-bond donors (Lipinski definition) is 0. The largest absolute Gasteiger partial charge is 0.254 e. The fourth-order valence-corrected chi connectivity index (χ4v) is 2.86. The van der Waals surface area contributed by atoms with E-state index in [1.165, 1.54) is 0 Å². The van der Waals surface area contributed by atoms with Crippen molar-refractivity contribution < 1.29 is 8.60 Å². The fraction of sp³-hybridized carbons (Fsp3) is 0.250. The molecule has 1 unspecified atom stereocenters. The molecule has 0 radical (unpaired) electrons. The lowest BCUT2D eigenvalue weighted by atomic mass is 9.98. The van der Waals surface area contributed by atoms with Gasteiger partial charge >= 0.3 is 0 Å². The molecule has 2 rings (SSSR count). The molecular weight excluding hydrogens is 259 g/mol. The summed E-state index contributed by atoms with van der Waals surface area (Å²) in [6, 6.07) is 11.0. The zero-order valence-corrected chi connectivity index (χ0v) is 12.2. The van der Waals surface area contributed by atoms with Crippen LogP contribution >= 0.6 is 0 Å². The molecule has 0 spiro atoms. The molecule has 0 heterocycles. The summed E-state index contributed by atoms with van der Waals surface area (Å²) in [6.45, 7) is 5.57. The third-order valence-electron chi connectivity index (χ3n) is 3.22. The quantitative estimate of drug-likeness (QED) is 0.819. The van der Waals surface area contributed by atoms with Gasteiger partial charge < -0.3 is 0 Å². The van der Waals surface area contributed by atoms with Crippen molar-refractivity contribution in [1.82, 2.24) is 0 Å². The topological polar surface area (TPSA) is 17.1 Å². The van der Waals surface area contributed by atoms with Crippen LogP contribution in [0.25, 0.3) is 11.1 Å². The van der Waals surface area contributed by atoms with Crippen LogP contribution in [0.15, 0.2) is 41.3 Å². The molecule has 2 aromatic rings.